The monoisotopic (exact) mass is 466 g/mol. The number of fused-ring (bicyclic) bond motifs is 2. The molecule has 2 bridgehead atoms. The second-order valence-corrected chi connectivity index (χ2v) is 10.0. The predicted octanol–water partition coefficient (Wildman–Crippen LogP) is 1.84. The van der Waals surface area contributed by atoms with Crippen molar-refractivity contribution in [2.24, 2.45) is 10.8 Å². The second-order valence-electron chi connectivity index (χ2n) is 10.0. The van der Waals surface area contributed by atoms with Crippen LogP contribution in [0.1, 0.15) is 60.3 Å². The van der Waals surface area contributed by atoms with Crippen LogP contribution in [-0.4, -0.2) is 72.3 Å². The van der Waals surface area contributed by atoms with Crippen LogP contribution in [0.3, 0.4) is 0 Å². The summed E-state index contributed by atoms with van der Waals surface area (Å²) >= 11 is 0. The molecule has 2 aliphatic carbocycles. The summed E-state index contributed by atoms with van der Waals surface area (Å²) in [7, 11) is 0. The van der Waals surface area contributed by atoms with Crippen LogP contribution < -0.4 is 0 Å². The number of epoxide rings is 1. The van der Waals surface area contributed by atoms with Gasteiger partial charge in [-0.15, -0.1) is 0 Å². The molecule has 0 radical (unpaired) electrons. The molecule has 2 saturated heterocycles. The fourth-order valence-corrected chi connectivity index (χ4v) is 6.26. The highest BCUT2D eigenvalue weighted by atomic mass is 16.7. The Morgan fingerprint density at radius 3 is 2.48 bits per heavy atom. The zero-order valence-electron chi connectivity index (χ0n) is 19.9. The van der Waals surface area contributed by atoms with Crippen molar-refractivity contribution < 1.29 is 43.2 Å². The third-order valence-corrected chi connectivity index (χ3v) is 8.16. The Kier molecular flexibility index (Phi) is 6.12. The normalized spacial score (nSPS) is 42.8. The van der Waals surface area contributed by atoms with Gasteiger partial charge in [-0.2, -0.15) is 0 Å². The molecule has 33 heavy (non-hydrogen) atoms. The van der Waals surface area contributed by atoms with Crippen LogP contribution in [0.4, 0.5) is 0 Å². The van der Waals surface area contributed by atoms with E-state index < -0.39 is 58.9 Å². The van der Waals surface area contributed by atoms with Crippen molar-refractivity contribution in [3.05, 3.63) is 11.6 Å². The largest absolute Gasteiger partial charge is 0.465 e. The first kappa shape index (κ1) is 24.2. The standard InChI is InChI=1S/C24H34O9/c1-6-7-8-18(27)32-16-10-23(11-29-14(3)25)17(9-13(16)2)33-21-19(28)20(31-15(4)26)22(23,5)24(21)12-30-24/h9,16-17,19-21,28H,6-8,10-12H2,1-5H3/t16-,17+,19+,20+,21+,22+,23+,24+/m0/s1. The van der Waals surface area contributed by atoms with Crippen LogP contribution in [0.5, 0.6) is 0 Å². The molecule has 2 aliphatic heterocycles. The highest BCUT2D eigenvalue weighted by Gasteiger charge is 2.86. The van der Waals surface area contributed by atoms with Crippen molar-refractivity contribution in [2.75, 3.05) is 13.2 Å². The quantitative estimate of drug-likeness (QED) is 0.259. The van der Waals surface area contributed by atoms with E-state index in [0.29, 0.717) is 13.0 Å². The molecule has 0 aromatic carbocycles. The number of carbonyl (C=O) groups excluding carboxylic acids is 3. The first-order chi connectivity index (χ1) is 15.5. The van der Waals surface area contributed by atoms with Gasteiger partial charge in [-0.05, 0) is 18.9 Å². The van der Waals surface area contributed by atoms with E-state index in [4.69, 9.17) is 23.7 Å². The van der Waals surface area contributed by atoms with Gasteiger partial charge in [0.2, 0.25) is 0 Å². The predicted molar refractivity (Wildman–Crippen MR) is 114 cm³/mol. The molecule has 4 aliphatic rings. The van der Waals surface area contributed by atoms with Crippen LogP contribution in [0.25, 0.3) is 0 Å². The van der Waals surface area contributed by atoms with Gasteiger partial charge >= 0.3 is 17.9 Å². The van der Waals surface area contributed by atoms with Gasteiger partial charge in [0.05, 0.1) is 23.5 Å². The van der Waals surface area contributed by atoms with Gasteiger partial charge in [0, 0.05) is 26.7 Å². The van der Waals surface area contributed by atoms with Crippen molar-refractivity contribution >= 4 is 17.9 Å². The lowest BCUT2D eigenvalue weighted by molar-refractivity contribution is -0.241. The summed E-state index contributed by atoms with van der Waals surface area (Å²) in [5.74, 6) is -1.30. The lowest BCUT2D eigenvalue weighted by Crippen LogP contribution is -2.68. The number of carbonyl (C=O) groups is 3. The van der Waals surface area contributed by atoms with E-state index in [9.17, 15) is 19.5 Å². The van der Waals surface area contributed by atoms with Crippen molar-refractivity contribution in [1.82, 2.24) is 0 Å². The van der Waals surface area contributed by atoms with Gasteiger partial charge in [-0.1, -0.05) is 26.3 Å². The number of aliphatic hydroxyl groups excluding tert-OH is 1. The Hall–Kier alpha value is -1.97. The molecule has 9 nitrogen and oxygen atoms in total. The third kappa shape index (κ3) is 3.51. The van der Waals surface area contributed by atoms with Gasteiger partial charge in [0.25, 0.3) is 0 Å². The lowest BCUT2D eigenvalue weighted by Gasteiger charge is -2.58. The van der Waals surface area contributed by atoms with Crippen molar-refractivity contribution in [2.45, 2.75) is 96.4 Å². The molecule has 1 spiro atoms. The third-order valence-electron chi connectivity index (χ3n) is 8.16. The summed E-state index contributed by atoms with van der Waals surface area (Å²) in [6.45, 7) is 8.66. The van der Waals surface area contributed by atoms with E-state index >= 15 is 0 Å². The molecule has 1 N–H and O–H groups in total. The van der Waals surface area contributed by atoms with Gasteiger partial charge in [-0.25, -0.2) is 0 Å². The molecule has 184 valence electrons. The summed E-state index contributed by atoms with van der Waals surface area (Å²) in [6, 6.07) is 0. The average molecular weight is 467 g/mol. The number of esters is 3. The molecular weight excluding hydrogens is 432 g/mol. The van der Waals surface area contributed by atoms with Gasteiger partial charge < -0.3 is 28.8 Å². The number of unbranched alkanes of at least 4 members (excludes halogenated alkanes) is 1. The van der Waals surface area contributed by atoms with Crippen LogP contribution in [-0.2, 0) is 38.1 Å². The number of hydrogen-bond donors (Lipinski definition) is 1. The Balaban J connectivity index is 1.78. The fraction of sp³-hybridized carbons (Fsp3) is 0.792. The maximum atomic E-state index is 12.5. The van der Waals surface area contributed by atoms with E-state index in [1.54, 1.807) is 0 Å². The van der Waals surface area contributed by atoms with Crippen molar-refractivity contribution in [1.29, 1.82) is 0 Å². The molecule has 0 unspecified atom stereocenters. The molecule has 1 saturated carbocycles. The smallest absolute Gasteiger partial charge is 0.306 e. The van der Waals surface area contributed by atoms with Gasteiger partial charge in [-0.3, -0.25) is 14.4 Å². The zero-order chi connectivity index (χ0) is 24.2. The van der Waals surface area contributed by atoms with Crippen molar-refractivity contribution in [3.8, 4) is 0 Å². The summed E-state index contributed by atoms with van der Waals surface area (Å²) in [5, 5.41) is 11.2. The van der Waals surface area contributed by atoms with E-state index in [2.05, 4.69) is 0 Å². The Morgan fingerprint density at radius 1 is 1.21 bits per heavy atom. The topological polar surface area (TPSA) is 121 Å². The SMILES string of the molecule is CCCCC(=O)O[C@H]1C[C@@]2(COC(C)=O)[C@@H](C=C1C)O[C@@H]1[C@H](O)[C@@H](OC(C)=O)[C@@]2(C)[C@@]12CO2. The fourth-order valence-electron chi connectivity index (χ4n) is 6.26. The zero-order valence-corrected chi connectivity index (χ0v) is 19.9. The molecule has 4 rings (SSSR count). The first-order valence-corrected chi connectivity index (χ1v) is 11.7. The van der Waals surface area contributed by atoms with Crippen LogP contribution >= 0.6 is 0 Å². The van der Waals surface area contributed by atoms with Gasteiger partial charge in [0.15, 0.2) is 0 Å². The minimum atomic E-state index is -1.11. The molecule has 0 amide bonds. The Bertz CT molecular complexity index is 862. The number of ether oxygens (including phenoxy) is 5. The van der Waals surface area contributed by atoms with Crippen molar-refractivity contribution in [3.63, 3.8) is 0 Å². The molecule has 9 heteroatoms. The number of hydrogen-bond acceptors (Lipinski definition) is 9. The minimum Gasteiger partial charge on any atom is -0.465 e. The highest BCUT2D eigenvalue weighted by Crippen LogP contribution is 2.72. The van der Waals surface area contributed by atoms with Gasteiger partial charge in [0.1, 0.15) is 36.6 Å². The highest BCUT2D eigenvalue weighted by molar-refractivity contribution is 5.70. The maximum absolute atomic E-state index is 12.5. The maximum Gasteiger partial charge on any atom is 0.306 e. The molecule has 8 atom stereocenters. The number of aliphatic hydroxyl groups is 1. The summed E-state index contributed by atoms with van der Waals surface area (Å²) < 4.78 is 29.4. The van der Waals surface area contributed by atoms with Crippen LogP contribution in [0.15, 0.2) is 11.6 Å². The van der Waals surface area contributed by atoms with E-state index in [0.717, 1.165) is 18.4 Å². The molecular formula is C24H34O9. The first-order valence-electron chi connectivity index (χ1n) is 11.7. The lowest BCUT2D eigenvalue weighted by atomic mass is 9.51. The van der Waals surface area contributed by atoms with E-state index in [1.165, 1.54) is 13.8 Å². The molecule has 0 aromatic rings. The summed E-state index contributed by atoms with van der Waals surface area (Å²) in [6.07, 6.45) is 0.225. The Labute approximate surface area is 193 Å². The van der Waals surface area contributed by atoms with E-state index in [-0.39, 0.29) is 19.0 Å². The second kappa shape index (κ2) is 8.36. The van der Waals surface area contributed by atoms with Crippen LogP contribution in [0, 0.1) is 10.8 Å². The molecule has 3 fully saturated rings. The Morgan fingerprint density at radius 2 is 1.91 bits per heavy atom. The number of rotatable bonds is 7. The summed E-state index contributed by atoms with van der Waals surface area (Å²) in [5.41, 5.74) is -1.98. The minimum absolute atomic E-state index is 0.0569. The molecule has 0 aromatic heterocycles. The summed E-state index contributed by atoms with van der Waals surface area (Å²) in [4.78, 5) is 36.4. The van der Waals surface area contributed by atoms with E-state index in [1.807, 2.05) is 26.8 Å². The molecule has 2 heterocycles. The average Bonchev–Trinajstić information content (AvgIpc) is 3.53. The van der Waals surface area contributed by atoms with Crippen LogP contribution in [0.2, 0.25) is 0 Å².